The summed E-state index contributed by atoms with van der Waals surface area (Å²) in [5.74, 6) is 1.79. The lowest BCUT2D eigenvalue weighted by atomic mass is 9.93. The second-order valence-corrected chi connectivity index (χ2v) is 15.1. The zero-order valence-electron chi connectivity index (χ0n) is 31.0. The second-order valence-electron chi connectivity index (χ2n) is 15.1. The van der Waals surface area contributed by atoms with E-state index in [1.807, 2.05) is 30.3 Å². The van der Waals surface area contributed by atoms with Crippen molar-refractivity contribution in [2.24, 2.45) is 0 Å². The van der Waals surface area contributed by atoms with Gasteiger partial charge < -0.3 is 8.98 Å². The average Bonchev–Trinajstić information content (AvgIpc) is 3.81. The number of fused-ring (bicyclic) bond motifs is 7. The minimum atomic E-state index is 0.589. The number of benzene rings is 9. The van der Waals surface area contributed by atoms with E-state index in [0.29, 0.717) is 17.5 Å². The lowest BCUT2D eigenvalue weighted by Gasteiger charge is -2.16. The molecule has 0 aliphatic heterocycles. The summed E-state index contributed by atoms with van der Waals surface area (Å²) < 4.78 is 8.76. The molecule has 0 radical (unpaired) electrons. The zero-order chi connectivity index (χ0) is 37.9. The highest BCUT2D eigenvalue weighted by molar-refractivity contribution is 6.30. The van der Waals surface area contributed by atoms with Crippen LogP contribution in [0.25, 0.3) is 127 Å². The van der Waals surface area contributed by atoms with Gasteiger partial charge in [-0.25, -0.2) is 15.0 Å². The van der Waals surface area contributed by atoms with Crippen LogP contribution in [-0.2, 0) is 0 Å². The van der Waals surface area contributed by atoms with E-state index in [4.69, 9.17) is 19.4 Å². The number of para-hydroxylation sites is 2. The molecule has 5 heteroatoms. The maximum absolute atomic E-state index is 6.34. The van der Waals surface area contributed by atoms with Gasteiger partial charge in [0.2, 0.25) is 0 Å². The van der Waals surface area contributed by atoms with E-state index in [-0.39, 0.29) is 0 Å². The Bertz CT molecular complexity index is 3700. The highest BCUT2D eigenvalue weighted by Crippen LogP contribution is 2.50. The third-order valence-electron chi connectivity index (χ3n) is 12.0. The molecule has 0 amide bonds. The van der Waals surface area contributed by atoms with Crippen molar-refractivity contribution in [1.29, 1.82) is 0 Å². The van der Waals surface area contributed by atoms with Crippen molar-refractivity contribution in [3.05, 3.63) is 182 Å². The zero-order valence-corrected chi connectivity index (χ0v) is 31.0. The summed E-state index contributed by atoms with van der Waals surface area (Å²) in [5, 5.41) is 9.32. The molecule has 9 aromatic carbocycles. The first-order valence-corrected chi connectivity index (χ1v) is 19.6. The van der Waals surface area contributed by atoms with E-state index in [9.17, 15) is 0 Å². The molecule has 58 heavy (non-hydrogen) atoms. The fraction of sp³-hybridized carbons (Fsp3) is 0. The molecule has 3 heterocycles. The quantitative estimate of drug-likeness (QED) is 0.180. The first-order chi connectivity index (χ1) is 28.8. The fourth-order valence-corrected chi connectivity index (χ4v) is 9.48. The van der Waals surface area contributed by atoms with Gasteiger partial charge in [-0.05, 0) is 86.3 Å². The van der Waals surface area contributed by atoms with Gasteiger partial charge in [-0.15, -0.1) is 0 Å². The molecule has 3 aromatic heterocycles. The molecular formula is C53H30N4O. The molecule has 0 saturated carbocycles. The van der Waals surface area contributed by atoms with Crippen LogP contribution in [0.4, 0.5) is 0 Å². The van der Waals surface area contributed by atoms with Gasteiger partial charge in [-0.2, -0.15) is 0 Å². The van der Waals surface area contributed by atoms with Gasteiger partial charge in [0.05, 0.1) is 16.7 Å². The van der Waals surface area contributed by atoms with Gasteiger partial charge in [-0.1, -0.05) is 140 Å². The Morgan fingerprint density at radius 3 is 1.81 bits per heavy atom. The second kappa shape index (κ2) is 11.8. The van der Waals surface area contributed by atoms with Gasteiger partial charge >= 0.3 is 0 Å². The van der Waals surface area contributed by atoms with Crippen LogP contribution in [0.3, 0.4) is 0 Å². The maximum atomic E-state index is 6.34. The molecule has 0 fully saturated rings. The third kappa shape index (κ3) is 4.38. The van der Waals surface area contributed by atoms with E-state index in [0.717, 1.165) is 66.1 Å². The van der Waals surface area contributed by atoms with Crippen LogP contribution in [0, 0.1) is 0 Å². The van der Waals surface area contributed by atoms with Crippen molar-refractivity contribution in [2.75, 3.05) is 0 Å². The number of nitrogens with zero attached hydrogens (tertiary/aromatic N) is 4. The number of hydrogen-bond acceptors (Lipinski definition) is 4. The van der Waals surface area contributed by atoms with Gasteiger partial charge in [0, 0.05) is 38.2 Å². The molecule has 0 spiro atoms. The minimum absolute atomic E-state index is 0.589. The lowest BCUT2D eigenvalue weighted by molar-refractivity contribution is 0.669. The summed E-state index contributed by atoms with van der Waals surface area (Å²) in [7, 11) is 0. The minimum Gasteiger partial charge on any atom is -0.456 e. The fourth-order valence-electron chi connectivity index (χ4n) is 9.48. The summed E-state index contributed by atoms with van der Waals surface area (Å²) in [5.41, 5.74) is 12.6. The Kier molecular flexibility index (Phi) is 6.38. The van der Waals surface area contributed by atoms with Crippen molar-refractivity contribution in [3.63, 3.8) is 0 Å². The first kappa shape index (κ1) is 31.3. The SMILES string of the molecule is c1ccc2c(c1)-c1cccc3ccc4c(c13)c1c-2cccc1n4-c1ccccc1-c1nc(-c2ccc3ccccc3c2)nc(-c2cccc3oc4ccccc4c23)n1. The summed E-state index contributed by atoms with van der Waals surface area (Å²) in [4.78, 5) is 16.0. The summed E-state index contributed by atoms with van der Waals surface area (Å²) in [6.45, 7) is 0. The van der Waals surface area contributed by atoms with E-state index < -0.39 is 0 Å². The molecule has 0 atom stereocenters. The van der Waals surface area contributed by atoms with Gasteiger partial charge in [0.1, 0.15) is 11.2 Å². The molecule has 0 bridgehead atoms. The molecule has 1 aliphatic rings. The molecule has 268 valence electrons. The number of rotatable bonds is 4. The number of aromatic nitrogens is 4. The molecule has 5 nitrogen and oxygen atoms in total. The summed E-state index contributed by atoms with van der Waals surface area (Å²) >= 11 is 0. The lowest BCUT2D eigenvalue weighted by Crippen LogP contribution is -2.04. The van der Waals surface area contributed by atoms with Crippen molar-refractivity contribution in [1.82, 2.24) is 19.5 Å². The van der Waals surface area contributed by atoms with Crippen LogP contribution in [0.2, 0.25) is 0 Å². The molecule has 1 aliphatic carbocycles. The van der Waals surface area contributed by atoms with Crippen LogP contribution >= 0.6 is 0 Å². The standard InChI is InChI=1S/C53H30N4O/c1-2-13-33-30-34(27-26-31(33)12-1)51-54-52(56-53(55-51)41-21-11-25-46-48(41)40-18-6-8-24-45(40)58-46)39-17-5-7-22-42(39)57-43-23-10-20-38-36-16-4-3-15-35(36)37-19-9-14-32-28-29-44(57)50(47(32)37)49(38)43/h1-30H. The Hall–Kier alpha value is -7.89. The van der Waals surface area contributed by atoms with Crippen LogP contribution in [0.5, 0.6) is 0 Å². The Labute approximate surface area is 332 Å². The van der Waals surface area contributed by atoms with Gasteiger partial charge in [-0.3, -0.25) is 0 Å². The Morgan fingerprint density at radius 2 is 0.931 bits per heavy atom. The maximum Gasteiger partial charge on any atom is 0.166 e. The van der Waals surface area contributed by atoms with Crippen LogP contribution in [0.1, 0.15) is 0 Å². The molecule has 12 aromatic rings. The molecule has 0 N–H and O–H groups in total. The van der Waals surface area contributed by atoms with Crippen molar-refractivity contribution >= 4 is 65.3 Å². The number of furan rings is 1. The predicted molar refractivity (Wildman–Crippen MR) is 237 cm³/mol. The van der Waals surface area contributed by atoms with Crippen LogP contribution < -0.4 is 0 Å². The van der Waals surface area contributed by atoms with E-state index in [2.05, 4.69) is 156 Å². The molecule has 0 saturated heterocycles. The Balaban J connectivity index is 1.12. The molecule has 13 rings (SSSR count). The van der Waals surface area contributed by atoms with Crippen LogP contribution in [-0.4, -0.2) is 19.5 Å². The Morgan fingerprint density at radius 1 is 0.345 bits per heavy atom. The van der Waals surface area contributed by atoms with Crippen molar-refractivity contribution in [3.8, 4) is 62.1 Å². The largest absolute Gasteiger partial charge is 0.456 e. The molecular weight excluding hydrogens is 709 g/mol. The number of hydrogen-bond donors (Lipinski definition) is 0. The van der Waals surface area contributed by atoms with Gasteiger partial charge in [0.15, 0.2) is 17.5 Å². The van der Waals surface area contributed by atoms with Gasteiger partial charge in [0.25, 0.3) is 0 Å². The topological polar surface area (TPSA) is 56.7 Å². The first-order valence-electron chi connectivity index (χ1n) is 19.6. The highest BCUT2D eigenvalue weighted by Gasteiger charge is 2.26. The monoisotopic (exact) mass is 738 g/mol. The van der Waals surface area contributed by atoms with E-state index in [1.54, 1.807) is 0 Å². The normalized spacial score (nSPS) is 12.1. The molecule has 0 unspecified atom stereocenters. The predicted octanol–water partition coefficient (Wildman–Crippen LogP) is 13.8. The van der Waals surface area contributed by atoms with Crippen molar-refractivity contribution in [2.45, 2.75) is 0 Å². The van der Waals surface area contributed by atoms with E-state index >= 15 is 0 Å². The van der Waals surface area contributed by atoms with Crippen LogP contribution in [0.15, 0.2) is 186 Å². The van der Waals surface area contributed by atoms with Crippen molar-refractivity contribution < 1.29 is 4.42 Å². The average molecular weight is 739 g/mol. The third-order valence-corrected chi connectivity index (χ3v) is 12.0. The smallest absolute Gasteiger partial charge is 0.166 e. The highest BCUT2D eigenvalue weighted by atomic mass is 16.3. The summed E-state index contributed by atoms with van der Waals surface area (Å²) in [6.07, 6.45) is 0. The van der Waals surface area contributed by atoms with E-state index in [1.165, 1.54) is 43.8 Å². The summed E-state index contributed by atoms with van der Waals surface area (Å²) in [6, 6.07) is 64.4.